The smallest absolute Gasteiger partial charge is 0.251 e. The summed E-state index contributed by atoms with van der Waals surface area (Å²) in [6.45, 7) is 0.628. The summed E-state index contributed by atoms with van der Waals surface area (Å²) in [5.41, 5.74) is 1.67. The van der Waals surface area contributed by atoms with Gasteiger partial charge >= 0.3 is 0 Å². The topological polar surface area (TPSA) is 61.4 Å². The number of nitrogens with zero attached hydrogens (tertiary/aromatic N) is 1. The Balaban J connectivity index is 1.97. The molecule has 1 aromatic rings. The number of benzene rings is 1. The van der Waals surface area contributed by atoms with E-state index in [1.807, 2.05) is 31.1 Å². The Morgan fingerprint density at radius 3 is 2.58 bits per heavy atom. The van der Waals surface area contributed by atoms with Crippen molar-refractivity contribution in [3.8, 4) is 0 Å². The first kappa shape index (κ1) is 13.4. The van der Waals surface area contributed by atoms with E-state index in [0.717, 1.165) is 12.1 Å². The summed E-state index contributed by atoms with van der Waals surface area (Å²) in [5.74, 6) is -0.121. The van der Waals surface area contributed by atoms with Gasteiger partial charge in [0, 0.05) is 44.4 Å². The van der Waals surface area contributed by atoms with Crippen LogP contribution in [0.25, 0.3) is 0 Å². The summed E-state index contributed by atoms with van der Waals surface area (Å²) in [7, 11) is 3.91. The van der Waals surface area contributed by atoms with Crippen LogP contribution in [0.15, 0.2) is 24.3 Å². The zero-order valence-corrected chi connectivity index (χ0v) is 11.3. The van der Waals surface area contributed by atoms with Crippen molar-refractivity contribution in [2.45, 2.75) is 18.9 Å². The lowest BCUT2D eigenvalue weighted by Gasteiger charge is -2.23. The van der Waals surface area contributed by atoms with E-state index in [0.29, 0.717) is 18.5 Å². The molecular weight excluding hydrogens is 242 g/mol. The van der Waals surface area contributed by atoms with Gasteiger partial charge in [-0.3, -0.25) is 9.59 Å². The minimum Gasteiger partial charge on any atom is -0.378 e. The fraction of sp³-hybridized carbons (Fsp3) is 0.429. The largest absolute Gasteiger partial charge is 0.378 e. The Bertz CT molecular complexity index is 468. The molecule has 2 rings (SSSR count). The second kappa shape index (κ2) is 5.73. The predicted octanol–water partition coefficient (Wildman–Crippen LogP) is 0.761. The Morgan fingerprint density at radius 2 is 2.00 bits per heavy atom. The van der Waals surface area contributed by atoms with Gasteiger partial charge in [0.05, 0.1) is 0 Å². The number of carbonyl (C=O) groups is 2. The summed E-state index contributed by atoms with van der Waals surface area (Å²) in [6, 6.07) is 7.35. The number of nitrogens with one attached hydrogen (secondary N) is 2. The molecule has 1 aliphatic heterocycles. The van der Waals surface area contributed by atoms with Crippen molar-refractivity contribution in [2.24, 2.45) is 0 Å². The minimum absolute atomic E-state index is 0.000458. The molecule has 0 bridgehead atoms. The molecule has 0 aromatic heterocycles. The van der Waals surface area contributed by atoms with Crippen LogP contribution in [0, 0.1) is 0 Å². The predicted molar refractivity (Wildman–Crippen MR) is 74.3 cm³/mol. The van der Waals surface area contributed by atoms with Gasteiger partial charge in [-0.25, -0.2) is 0 Å². The van der Waals surface area contributed by atoms with Crippen molar-refractivity contribution in [1.29, 1.82) is 0 Å². The van der Waals surface area contributed by atoms with Crippen LogP contribution in [-0.2, 0) is 4.79 Å². The Hall–Kier alpha value is -2.04. The average Bonchev–Trinajstić information content (AvgIpc) is 2.39. The van der Waals surface area contributed by atoms with Gasteiger partial charge in [-0.15, -0.1) is 0 Å². The molecule has 2 N–H and O–H groups in total. The maximum absolute atomic E-state index is 12.0. The van der Waals surface area contributed by atoms with Crippen LogP contribution in [0.1, 0.15) is 23.2 Å². The Kier molecular flexibility index (Phi) is 4.04. The van der Waals surface area contributed by atoms with Gasteiger partial charge in [-0.05, 0) is 30.7 Å². The summed E-state index contributed by atoms with van der Waals surface area (Å²) in [4.78, 5) is 25.3. The van der Waals surface area contributed by atoms with E-state index in [2.05, 4.69) is 10.6 Å². The number of amides is 2. The van der Waals surface area contributed by atoms with Gasteiger partial charge in [-0.1, -0.05) is 0 Å². The van der Waals surface area contributed by atoms with Crippen LogP contribution in [0.4, 0.5) is 5.69 Å². The number of piperidine rings is 1. The molecule has 1 aromatic carbocycles. The molecule has 1 heterocycles. The van der Waals surface area contributed by atoms with Gasteiger partial charge < -0.3 is 15.5 Å². The number of hydrogen-bond donors (Lipinski definition) is 2. The van der Waals surface area contributed by atoms with Gasteiger partial charge in [0.25, 0.3) is 5.91 Å². The SMILES string of the molecule is CN(C)c1ccc(C(=O)NC2CCNC(=O)C2)cc1. The molecule has 0 saturated carbocycles. The van der Waals surface area contributed by atoms with Gasteiger partial charge in [-0.2, -0.15) is 0 Å². The lowest BCUT2D eigenvalue weighted by atomic mass is 10.1. The van der Waals surface area contributed by atoms with E-state index in [-0.39, 0.29) is 17.9 Å². The van der Waals surface area contributed by atoms with Crippen LogP contribution >= 0.6 is 0 Å². The highest BCUT2D eigenvalue weighted by molar-refractivity contribution is 5.95. The van der Waals surface area contributed by atoms with E-state index >= 15 is 0 Å². The van der Waals surface area contributed by atoms with Gasteiger partial charge in [0.1, 0.15) is 0 Å². The van der Waals surface area contributed by atoms with E-state index in [9.17, 15) is 9.59 Å². The monoisotopic (exact) mass is 261 g/mol. The normalized spacial score (nSPS) is 18.6. The van der Waals surface area contributed by atoms with Crippen LogP contribution in [0.5, 0.6) is 0 Å². The maximum Gasteiger partial charge on any atom is 0.251 e. The molecule has 5 nitrogen and oxygen atoms in total. The van der Waals surface area contributed by atoms with Crippen LogP contribution in [0.3, 0.4) is 0 Å². The first-order valence-corrected chi connectivity index (χ1v) is 6.41. The van der Waals surface area contributed by atoms with E-state index in [1.54, 1.807) is 12.1 Å². The van der Waals surface area contributed by atoms with Crippen molar-refractivity contribution in [1.82, 2.24) is 10.6 Å². The third kappa shape index (κ3) is 3.47. The summed E-state index contributed by atoms with van der Waals surface area (Å²) in [5, 5.41) is 5.65. The molecule has 1 atom stereocenters. The lowest BCUT2D eigenvalue weighted by molar-refractivity contribution is -0.122. The number of carbonyl (C=O) groups excluding carboxylic acids is 2. The molecule has 0 aliphatic carbocycles. The second-order valence-electron chi connectivity index (χ2n) is 4.95. The third-order valence-electron chi connectivity index (χ3n) is 3.23. The molecule has 1 aliphatic rings. The lowest BCUT2D eigenvalue weighted by Crippen LogP contribution is -2.45. The van der Waals surface area contributed by atoms with E-state index in [1.165, 1.54) is 0 Å². The van der Waals surface area contributed by atoms with Crippen molar-refractivity contribution < 1.29 is 9.59 Å². The third-order valence-corrected chi connectivity index (χ3v) is 3.23. The van der Waals surface area contributed by atoms with Crippen LogP contribution in [0.2, 0.25) is 0 Å². The molecule has 102 valence electrons. The molecule has 0 radical (unpaired) electrons. The van der Waals surface area contributed by atoms with Crippen LogP contribution in [-0.4, -0.2) is 38.5 Å². The Morgan fingerprint density at radius 1 is 1.32 bits per heavy atom. The quantitative estimate of drug-likeness (QED) is 0.844. The molecule has 2 amide bonds. The first-order chi connectivity index (χ1) is 9.06. The molecule has 5 heteroatoms. The standard InChI is InChI=1S/C14H19N3O2/c1-17(2)12-5-3-10(4-6-12)14(19)16-11-7-8-15-13(18)9-11/h3-6,11H,7-9H2,1-2H3,(H,15,18)(H,16,19). The molecule has 1 fully saturated rings. The second-order valence-corrected chi connectivity index (χ2v) is 4.95. The fourth-order valence-electron chi connectivity index (χ4n) is 2.09. The molecule has 0 spiro atoms. The highest BCUT2D eigenvalue weighted by atomic mass is 16.2. The summed E-state index contributed by atoms with van der Waals surface area (Å²) >= 11 is 0. The zero-order valence-electron chi connectivity index (χ0n) is 11.3. The van der Waals surface area contributed by atoms with Gasteiger partial charge in [0.15, 0.2) is 0 Å². The van der Waals surface area contributed by atoms with Crippen molar-refractivity contribution in [3.05, 3.63) is 29.8 Å². The first-order valence-electron chi connectivity index (χ1n) is 6.41. The molecule has 1 saturated heterocycles. The Labute approximate surface area is 113 Å². The van der Waals surface area contributed by atoms with E-state index < -0.39 is 0 Å². The fourth-order valence-corrected chi connectivity index (χ4v) is 2.09. The van der Waals surface area contributed by atoms with Gasteiger partial charge in [0.2, 0.25) is 5.91 Å². The number of anilines is 1. The zero-order chi connectivity index (χ0) is 13.8. The highest BCUT2D eigenvalue weighted by Crippen LogP contribution is 2.13. The van der Waals surface area contributed by atoms with Crippen molar-refractivity contribution in [3.63, 3.8) is 0 Å². The highest BCUT2D eigenvalue weighted by Gasteiger charge is 2.20. The number of rotatable bonds is 3. The van der Waals surface area contributed by atoms with Crippen molar-refractivity contribution >= 4 is 17.5 Å². The number of hydrogen-bond acceptors (Lipinski definition) is 3. The molecule has 19 heavy (non-hydrogen) atoms. The van der Waals surface area contributed by atoms with E-state index in [4.69, 9.17) is 0 Å². The minimum atomic E-state index is -0.120. The summed E-state index contributed by atoms with van der Waals surface area (Å²) in [6.07, 6.45) is 1.15. The molecule has 1 unspecified atom stereocenters. The maximum atomic E-state index is 12.0. The molecular formula is C14H19N3O2. The van der Waals surface area contributed by atoms with Crippen molar-refractivity contribution in [2.75, 3.05) is 25.5 Å². The average molecular weight is 261 g/mol. The van der Waals surface area contributed by atoms with Crippen LogP contribution < -0.4 is 15.5 Å². The summed E-state index contributed by atoms with van der Waals surface area (Å²) < 4.78 is 0.